The summed E-state index contributed by atoms with van der Waals surface area (Å²) in [5, 5.41) is 8.45. The van der Waals surface area contributed by atoms with Crippen LogP contribution in [0.5, 0.6) is 0 Å². The highest BCUT2D eigenvalue weighted by molar-refractivity contribution is 7.92. The summed E-state index contributed by atoms with van der Waals surface area (Å²) < 4.78 is 27.1. The summed E-state index contributed by atoms with van der Waals surface area (Å²) in [6.07, 6.45) is 3.52. The Morgan fingerprint density at radius 2 is 1.62 bits per heavy atom. The van der Waals surface area contributed by atoms with Gasteiger partial charge in [-0.1, -0.05) is 30.3 Å². The second kappa shape index (κ2) is 10.2. The Kier molecular flexibility index (Phi) is 6.93. The van der Waals surface area contributed by atoms with E-state index in [2.05, 4.69) is 25.1 Å². The lowest BCUT2D eigenvalue weighted by molar-refractivity contribution is -0.132. The van der Waals surface area contributed by atoms with Crippen molar-refractivity contribution in [3.8, 4) is 0 Å². The van der Waals surface area contributed by atoms with Crippen molar-refractivity contribution < 1.29 is 18.0 Å². The zero-order chi connectivity index (χ0) is 24.0. The number of benzene rings is 2. The molecule has 34 heavy (non-hydrogen) atoms. The van der Waals surface area contributed by atoms with Crippen molar-refractivity contribution in [2.24, 2.45) is 5.10 Å². The van der Waals surface area contributed by atoms with Gasteiger partial charge in [-0.3, -0.25) is 9.59 Å². The maximum Gasteiger partial charge on any atom is 0.264 e. The highest BCUT2D eigenvalue weighted by Gasteiger charge is 2.22. The van der Waals surface area contributed by atoms with Gasteiger partial charge in [-0.05, 0) is 35.9 Å². The van der Waals surface area contributed by atoms with Crippen LogP contribution < -0.4 is 10.0 Å². The quantitative estimate of drug-likeness (QED) is 0.511. The molecule has 3 aromatic rings. The van der Waals surface area contributed by atoms with E-state index >= 15 is 0 Å². The summed E-state index contributed by atoms with van der Waals surface area (Å²) in [5.41, 5.74) is 2.24. The third-order valence-electron chi connectivity index (χ3n) is 5.00. The van der Waals surface area contributed by atoms with Gasteiger partial charge in [-0.2, -0.15) is 5.10 Å². The van der Waals surface area contributed by atoms with Crippen molar-refractivity contribution in [3.63, 3.8) is 0 Å². The summed E-state index contributed by atoms with van der Waals surface area (Å²) in [6.45, 7) is 0.489. The molecule has 0 bridgehead atoms. The Labute approximate surface area is 196 Å². The lowest BCUT2D eigenvalue weighted by Crippen LogP contribution is -2.25. The van der Waals surface area contributed by atoms with Crippen LogP contribution in [0, 0.1) is 0 Å². The summed E-state index contributed by atoms with van der Waals surface area (Å²) >= 11 is 0. The number of hydrazone groups is 1. The number of nitrogens with zero attached hydrogens (tertiary/aromatic N) is 4. The Morgan fingerprint density at radius 3 is 2.32 bits per heavy atom. The Hall–Kier alpha value is -4.12. The second-order valence-electron chi connectivity index (χ2n) is 7.43. The van der Waals surface area contributed by atoms with Gasteiger partial charge in [0.25, 0.3) is 10.0 Å². The van der Waals surface area contributed by atoms with Crippen LogP contribution in [0.1, 0.15) is 24.8 Å². The van der Waals surface area contributed by atoms with Crippen molar-refractivity contribution in [3.05, 3.63) is 78.6 Å². The van der Waals surface area contributed by atoms with E-state index in [-0.39, 0.29) is 35.5 Å². The van der Waals surface area contributed by atoms with Crippen LogP contribution in [-0.2, 0) is 19.6 Å². The van der Waals surface area contributed by atoms with E-state index in [4.69, 9.17) is 0 Å². The van der Waals surface area contributed by atoms with Crippen LogP contribution in [0.2, 0.25) is 0 Å². The molecule has 0 unspecified atom stereocenters. The first kappa shape index (κ1) is 23.1. The van der Waals surface area contributed by atoms with E-state index in [1.54, 1.807) is 6.07 Å². The predicted octanol–water partition coefficient (Wildman–Crippen LogP) is 2.63. The first-order valence-corrected chi connectivity index (χ1v) is 12.0. The summed E-state index contributed by atoms with van der Waals surface area (Å²) in [6, 6.07) is 16.9. The largest absolute Gasteiger partial charge is 0.326 e. The normalized spacial score (nSPS) is 13.3. The number of anilines is 2. The van der Waals surface area contributed by atoms with Gasteiger partial charge in [0.1, 0.15) is 0 Å². The van der Waals surface area contributed by atoms with Crippen LogP contribution in [0.4, 0.5) is 11.6 Å². The van der Waals surface area contributed by atoms with Gasteiger partial charge in [0, 0.05) is 37.3 Å². The number of amides is 2. The molecule has 0 aliphatic carbocycles. The standard InChI is InChI=1S/C23H22N6O4S/c30-21(11-12-22(31)29-16-13-20(27-29)17-5-2-1-3-6-17)26-18-7-9-19(10-8-18)34(32,33)28-23-24-14-4-15-25-23/h1-10,14-15H,11-13,16H2,(H,26,30)(H,24,25,28). The van der Waals surface area contributed by atoms with Gasteiger partial charge in [0.2, 0.25) is 17.8 Å². The Balaban J connectivity index is 1.28. The molecule has 2 heterocycles. The molecule has 2 amide bonds. The molecule has 1 aliphatic rings. The molecule has 4 rings (SSSR count). The number of carbonyl (C=O) groups excluding carboxylic acids is 2. The smallest absolute Gasteiger partial charge is 0.264 e. The molecule has 174 valence electrons. The third-order valence-corrected chi connectivity index (χ3v) is 6.35. The SMILES string of the molecule is O=C(CCC(=O)N1CCC(c2ccccc2)=N1)Nc1ccc(S(=O)(=O)Nc2ncccn2)cc1. The minimum atomic E-state index is -3.86. The number of sulfonamides is 1. The fourth-order valence-electron chi connectivity index (χ4n) is 3.29. The van der Waals surface area contributed by atoms with Crippen molar-refractivity contribution in [2.75, 3.05) is 16.6 Å². The van der Waals surface area contributed by atoms with Crippen LogP contribution in [0.25, 0.3) is 0 Å². The van der Waals surface area contributed by atoms with E-state index in [1.165, 1.54) is 41.7 Å². The summed E-state index contributed by atoms with van der Waals surface area (Å²) in [7, 11) is -3.86. The van der Waals surface area contributed by atoms with Gasteiger partial charge < -0.3 is 5.32 Å². The maximum absolute atomic E-state index is 12.4. The van der Waals surface area contributed by atoms with Crippen LogP contribution in [0.3, 0.4) is 0 Å². The average molecular weight is 479 g/mol. The van der Waals surface area contributed by atoms with Gasteiger partial charge >= 0.3 is 0 Å². The van der Waals surface area contributed by atoms with Crippen molar-refractivity contribution >= 4 is 39.2 Å². The van der Waals surface area contributed by atoms with Gasteiger partial charge in [0.05, 0.1) is 17.2 Å². The molecular weight excluding hydrogens is 456 g/mol. The minimum absolute atomic E-state index is 0.00533. The molecule has 0 fully saturated rings. The zero-order valence-electron chi connectivity index (χ0n) is 18.1. The Bertz CT molecular complexity index is 1300. The topological polar surface area (TPSA) is 134 Å². The molecule has 10 nitrogen and oxygen atoms in total. The number of carbonyl (C=O) groups is 2. The second-order valence-corrected chi connectivity index (χ2v) is 9.11. The highest BCUT2D eigenvalue weighted by atomic mass is 32.2. The first-order valence-electron chi connectivity index (χ1n) is 10.5. The van der Waals surface area contributed by atoms with Gasteiger partial charge in [0.15, 0.2) is 0 Å². The highest BCUT2D eigenvalue weighted by Crippen LogP contribution is 2.18. The Morgan fingerprint density at radius 1 is 0.912 bits per heavy atom. The van der Waals surface area contributed by atoms with Crippen LogP contribution in [0.15, 0.2) is 83.1 Å². The molecule has 1 aromatic heterocycles. The molecule has 2 aromatic carbocycles. The van der Waals surface area contributed by atoms with Crippen molar-refractivity contribution in [2.45, 2.75) is 24.2 Å². The lowest BCUT2D eigenvalue weighted by atomic mass is 10.1. The molecule has 0 spiro atoms. The molecule has 11 heteroatoms. The molecule has 0 saturated carbocycles. The molecule has 0 atom stereocenters. The minimum Gasteiger partial charge on any atom is -0.326 e. The molecular formula is C23H22N6O4S. The number of nitrogens with one attached hydrogen (secondary N) is 2. The van der Waals surface area contributed by atoms with Crippen molar-refractivity contribution in [1.82, 2.24) is 15.0 Å². The summed E-state index contributed by atoms with van der Waals surface area (Å²) in [5.74, 6) is -0.620. The molecule has 1 aliphatic heterocycles. The van der Waals surface area contributed by atoms with E-state index in [0.29, 0.717) is 18.7 Å². The van der Waals surface area contributed by atoms with E-state index in [1.807, 2.05) is 30.3 Å². The molecule has 0 saturated heterocycles. The van der Waals surface area contributed by atoms with E-state index in [9.17, 15) is 18.0 Å². The van der Waals surface area contributed by atoms with E-state index in [0.717, 1.165) is 11.3 Å². The van der Waals surface area contributed by atoms with Gasteiger partial charge in [-0.25, -0.2) is 28.1 Å². The fourth-order valence-corrected chi connectivity index (χ4v) is 4.25. The summed E-state index contributed by atoms with van der Waals surface area (Å²) in [4.78, 5) is 32.4. The van der Waals surface area contributed by atoms with Crippen LogP contribution in [-0.4, -0.2) is 47.5 Å². The lowest BCUT2D eigenvalue weighted by Gasteiger charge is -2.11. The third kappa shape index (κ3) is 5.81. The number of aromatic nitrogens is 2. The molecule has 2 N–H and O–H groups in total. The van der Waals surface area contributed by atoms with Crippen molar-refractivity contribution in [1.29, 1.82) is 0 Å². The molecule has 0 radical (unpaired) electrons. The van der Waals surface area contributed by atoms with E-state index < -0.39 is 10.0 Å². The maximum atomic E-state index is 12.4. The van der Waals surface area contributed by atoms with Crippen LogP contribution >= 0.6 is 0 Å². The number of rotatable bonds is 8. The monoisotopic (exact) mass is 478 g/mol. The average Bonchev–Trinajstić information content (AvgIpc) is 3.34. The zero-order valence-corrected chi connectivity index (χ0v) is 18.9. The van der Waals surface area contributed by atoms with Gasteiger partial charge in [-0.15, -0.1) is 0 Å². The number of hydrogen-bond donors (Lipinski definition) is 2. The first-order chi connectivity index (χ1) is 16.4. The number of hydrogen-bond acceptors (Lipinski definition) is 7. The fraction of sp³-hybridized carbons (Fsp3) is 0.174. The predicted molar refractivity (Wildman–Crippen MR) is 126 cm³/mol.